The normalized spacial score (nSPS) is 11.6. The van der Waals surface area contributed by atoms with Crippen molar-refractivity contribution in [2.75, 3.05) is 30.6 Å². The molecule has 0 spiro atoms. The van der Waals surface area contributed by atoms with Crippen LogP contribution in [-0.4, -0.2) is 40.5 Å². The van der Waals surface area contributed by atoms with Gasteiger partial charge in [-0.05, 0) is 42.0 Å². The summed E-state index contributed by atoms with van der Waals surface area (Å²) in [5, 5.41) is 16.6. The SMILES string of the molecule is C=CC(O)Nc1ccccc1Nc1ncc2cc(-c3cc(OC)cc(OC)c3)c(N)nc2n1. The summed E-state index contributed by atoms with van der Waals surface area (Å²) in [5.74, 6) is 1.95. The van der Waals surface area contributed by atoms with Gasteiger partial charge in [-0.2, -0.15) is 4.98 Å². The maximum absolute atomic E-state index is 9.83. The Balaban J connectivity index is 1.68. The molecule has 0 fully saturated rings. The molecule has 9 nitrogen and oxygen atoms in total. The van der Waals surface area contributed by atoms with Crippen LogP contribution in [0.5, 0.6) is 11.5 Å². The molecule has 9 heteroatoms. The van der Waals surface area contributed by atoms with E-state index in [-0.39, 0.29) is 0 Å². The zero-order chi connectivity index (χ0) is 23.4. The van der Waals surface area contributed by atoms with Crippen LogP contribution >= 0.6 is 0 Å². The number of methoxy groups -OCH3 is 2. The smallest absolute Gasteiger partial charge is 0.229 e. The first-order chi connectivity index (χ1) is 16.0. The third kappa shape index (κ3) is 4.78. The fraction of sp³-hybridized carbons (Fsp3) is 0.125. The van der Waals surface area contributed by atoms with E-state index in [0.29, 0.717) is 40.3 Å². The van der Waals surface area contributed by atoms with Gasteiger partial charge >= 0.3 is 0 Å². The number of nitrogens with two attached hydrogens (primary N) is 1. The minimum atomic E-state index is -0.888. The highest BCUT2D eigenvalue weighted by molar-refractivity contribution is 5.87. The molecule has 4 aromatic rings. The number of hydrogen-bond donors (Lipinski definition) is 4. The van der Waals surface area contributed by atoms with E-state index in [4.69, 9.17) is 15.2 Å². The molecule has 0 radical (unpaired) electrons. The highest BCUT2D eigenvalue weighted by Crippen LogP contribution is 2.34. The number of benzene rings is 2. The molecule has 2 aromatic carbocycles. The van der Waals surface area contributed by atoms with E-state index in [1.807, 2.05) is 42.5 Å². The van der Waals surface area contributed by atoms with Gasteiger partial charge in [-0.25, -0.2) is 9.97 Å². The van der Waals surface area contributed by atoms with Gasteiger partial charge < -0.3 is 30.9 Å². The lowest BCUT2D eigenvalue weighted by Crippen LogP contribution is -2.16. The number of ether oxygens (including phenoxy) is 2. The predicted octanol–water partition coefficient (Wildman–Crippen LogP) is 3.95. The van der Waals surface area contributed by atoms with E-state index >= 15 is 0 Å². The lowest BCUT2D eigenvalue weighted by molar-refractivity contribution is 0.253. The minimum absolute atomic E-state index is 0.318. The van der Waals surface area contributed by atoms with Gasteiger partial charge in [-0.1, -0.05) is 18.7 Å². The molecule has 4 rings (SSSR count). The molecule has 2 heterocycles. The molecule has 0 amide bonds. The molecule has 0 saturated carbocycles. The molecule has 5 N–H and O–H groups in total. The first-order valence-electron chi connectivity index (χ1n) is 10.1. The molecule has 0 aliphatic rings. The van der Waals surface area contributed by atoms with Crippen molar-refractivity contribution in [1.82, 2.24) is 15.0 Å². The van der Waals surface area contributed by atoms with Crippen LogP contribution in [0.3, 0.4) is 0 Å². The number of aliphatic hydroxyl groups excluding tert-OH is 1. The fourth-order valence-corrected chi connectivity index (χ4v) is 3.29. The van der Waals surface area contributed by atoms with E-state index in [2.05, 4.69) is 32.2 Å². The molecule has 1 unspecified atom stereocenters. The molecule has 1 atom stereocenters. The van der Waals surface area contributed by atoms with Crippen LogP contribution in [0.4, 0.5) is 23.1 Å². The van der Waals surface area contributed by atoms with Crippen LogP contribution in [0.2, 0.25) is 0 Å². The molecule has 0 saturated heterocycles. The standard InChI is InChI=1S/C24H24N6O3/c1-4-21(31)27-19-7-5-6-8-20(19)28-24-26-13-15-11-18(22(25)29-23(15)30-24)14-9-16(32-2)12-17(10-14)33-3/h4-13,21,27,31H,1H2,2-3H3,(H3,25,26,28,29,30). The number of rotatable bonds is 8. The first kappa shape index (κ1) is 21.8. The van der Waals surface area contributed by atoms with Crippen molar-refractivity contribution < 1.29 is 14.6 Å². The summed E-state index contributed by atoms with van der Waals surface area (Å²) >= 11 is 0. The van der Waals surface area contributed by atoms with E-state index in [0.717, 1.165) is 16.5 Å². The highest BCUT2D eigenvalue weighted by atomic mass is 16.5. The third-order valence-electron chi connectivity index (χ3n) is 4.96. The number of fused-ring (bicyclic) bond motifs is 1. The predicted molar refractivity (Wildman–Crippen MR) is 130 cm³/mol. The lowest BCUT2D eigenvalue weighted by atomic mass is 10.0. The quantitative estimate of drug-likeness (QED) is 0.236. The summed E-state index contributed by atoms with van der Waals surface area (Å²) < 4.78 is 10.7. The Morgan fingerprint density at radius 3 is 2.39 bits per heavy atom. The van der Waals surface area contributed by atoms with Crippen LogP contribution < -0.4 is 25.8 Å². The van der Waals surface area contributed by atoms with Crippen molar-refractivity contribution in [2.24, 2.45) is 0 Å². The van der Waals surface area contributed by atoms with Gasteiger partial charge in [-0.15, -0.1) is 0 Å². The van der Waals surface area contributed by atoms with Crippen LogP contribution in [0.15, 0.2) is 67.4 Å². The van der Waals surface area contributed by atoms with Crippen molar-refractivity contribution in [2.45, 2.75) is 6.23 Å². The van der Waals surface area contributed by atoms with Gasteiger partial charge in [0.1, 0.15) is 23.5 Å². The number of pyridine rings is 1. The largest absolute Gasteiger partial charge is 0.497 e. The summed E-state index contributed by atoms with van der Waals surface area (Å²) in [6, 6.07) is 14.8. The van der Waals surface area contributed by atoms with Crippen molar-refractivity contribution >= 4 is 34.2 Å². The van der Waals surface area contributed by atoms with Gasteiger partial charge in [0, 0.05) is 23.2 Å². The van der Waals surface area contributed by atoms with Gasteiger partial charge in [0.25, 0.3) is 0 Å². The number of para-hydroxylation sites is 2. The Bertz CT molecular complexity index is 1290. The maximum Gasteiger partial charge on any atom is 0.229 e. The molecule has 2 aromatic heterocycles. The Labute approximate surface area is 190 Å². The van der Waals surface area contributed by atoms with Crippen LogP contribution in [0, 0.1) is 0 Å². The van der Waals surface area contributed by atoms with Crippen molar-refractivity contribution in [3.05, 3.63) is 67.4 Å². The monoisotopic (exact) mass is 444 g/mol. The van der Waals surface area contributed by atoms with Gasteiger partial charge in [0.2, 0.25) is 5.95 Å². The molecule has 33 heavy (non-hydrogen) atoms. The number of nitrogen functional groups attached to an aromatic ring is 1. The Morgan fingerprint density at radius 1 is 1.03 bits per heavy atom. The number of nitrogens with one attached hydrogen (secondary N) is 2. The topological polar surface area (TPSA) is 127 Å². The number of nitrogens with zero attached hydrogens (tertiary/aromatic N) is 3. The summed E-state index contributed by atoms with van der Waals surface area (Å²) in [6.07, 6.45) is 2.18. The third-order valence-corrected chi connectivity index (χ3v) is 4.96. The zero-order valence-electron chi connectivity index (χ0n) is 18.2. The molecule has 0 aliphatic heterocycles. The zero-order valence-corrected chi connectivity index (χ0v) is 18.2. The minimum Gasteiger partial charge on any atom is -0.497 e. The van der Waals surface area contributed by atoms with E-state index < -0.39 is 6.23 Å². The molecule has 0 aliphatic carbocycles. The summed E-state index contributed by atoms with van der Waals surface area (Å²) in [7, 11) is 3.18. The molecular formula is C24H24N6O3. The number of aromatic nitrogens is 3. The summed E-state index contributed by atoms with van der Waals surface area (Å²) in [5.41, 5.74) is 9.60. The number of anilines is 4. The fourth-order valence-electron chi connectivity index (χ4n) is 3.29. The lowest BCUT2D eigenvalue weighted by Gasteiger charge is -2.15. The summed E-state index contributed by atoms with van der Waals surface area (Å²) in [4.78, 5) is 13.4. The highest BCUT2D eigenvalue weighted by Gasteiger charge is 2.13. The first-order valence-corrected chi connectivity index (χ1v) is 10.1. The van der Waals surface area contributed by atoms with Crippen LogP contribution in [0.1, 0.15) is 0 Å². The van der Waals surface area contributed by atoms with Crippen LogP contribution in [0.25, 0.3) is 22.2 Å². The van der Waals surface area contributed by atoms with Crippen molar-refractivity contribution in [1.29, 1.82) is 0 Å². The number of aliphatic hydroxyl groups is 1. The average molecular weight is 444 g/mol. The molecule has 168 valence electrons. The second-order valence-electron chi connectivity index (χ2n) is 7.12. The van der Waals surface area contributed by atoms with Crippen LogP contribution in [-0.2, 0) is 0 Å². The molecular weight excluding hydrogens is 420 g/mol. The van der Waals surface area contributed by atoms with Gasteiger partial charge in [0.05, 0.1) is 25.6 Å². The van der Waals surface area contributed by atoms with E-state index in [9.17, 15) is 5.11 Å². The van der Waals surface area contributed by atoms with E-state index in [1.54, 1.807) is 26.5 Å². The Hall–Kier alpha value is -4.37. The maximum atomic E-state index is 9.83. The number of hydrogen-bond acceptors (Lipinski definition) is 9. The Kier molecular flexibility index (Phi) is 6.23. The van der Waals surface area contributed by atoms with Crippen molar-refractivity contribution in [3.8, 4) is 22.6 Å². The van der Waals surface area contributed by atoms with Gasteiger partial charge in [0.15, 0.2) is 5.65 Å². The van der Waals surface area contributed by atoms with Gasteiger partial charge in [-0.3, -0.25) is 0 Å². The Morgan fingerprint density at radius 2 is 1.73 bits per heavy atom. The van der Waals surface area contributed by atoms with Crippen molar-refractivity contribution in [3.63, 3.8) is 0 Å². The van der Waals surface area contributed by atoms with E-state index in [1.165, 1.54) is 6.08 Å². The second kappa shape index (κ2) is 9.41. The molecule has 0 bridgehead atoms. The summed E-state index contributed by atoms with van der Waals surface area (Å²) in [6.45, 7) is 3.57. The second-order valence-corrected chi connectivity index (χ2v) is 7.12. The average Bonchev–Trinajstić information content (AvgIpc) is 2.84.